The van der Waals surface area contributed by atoms with E-state index < -0.39 is 5.51 Å². The summed E-state index contributed by atoms with van der Waals surface area (Å²) in [6.45, 7) is 2.09. The number of thioether (sulfide) groups is 1. The lowest BCUT2D eigenvalue weighted by atomic mass is 10.2. The lowest BCUT2D eigenvalue weighted by molar-refractivity contribution is -0.105. The van der Waals surface area contributed by atoms with Gasteiger partial charge in [0.15, 0.2) is 0 Å². The van der Waals surface area contributed by atoms with Gasteiger partial charge in [-0.05, 0) is 54.6 Å². The average Bonchev–Trinajstić information content (AvgIpc) is 2.49. The first kappa shape index (κ1) is 18.9. The molecule has 3 nitrogen and oxygen atoms in total. The van der Waals surface area contributed by atoms with Crippen LogP contribution in [0.2, 0.25) is 0 Å². The molecule has 0 heterocycles. The van der Waals surface area contributed by atoms with E-state index in [2.05, 4.69) is 29.7 Å². The fourth-order valence-electron chi connectivity index (χ4n) is 1.67. The van der Waals surface area contributed by atoms with Crippen molar-refractivity contribution in [1.82, 2.24) is 0 Å². The van der Waals surface area contributed by atoms with Gasteiger partial charge >= 0.3 is 5.51 Å². The van der Waals surface area contributed by atoms with Gasteiger partial charge in [0.25, 0.3) is 0 Å². The summed E-state index contributed by atoms with van der Waals surface area (Å²) in [5, 5.41) is 5.42. The minimum absolute atomic E-state index is 0.0916. The molecule has 1 amide bonds. The van der Waals surface area contributed by atoms with Crippen molar-refractivity contribution in [3.05, 3.63) is 54.1 Å². The molecule has 0 bridgehead atoms. The zero-order valence-electron chi connectivity index (χ0n) is 12.6. The number of rotatable bonds is 4. The predicted octanol–water partition coefficient (Wildman–Crippen LogP) is 4.90. The molecule has 0 saturated heterocycles. The second-order valence-electron chi connectivity index (χ2n) is 4.40. The van der Waals surface area contributed by atoms with Gasteiger partial charge in [0, 0.05) is 23.3 Å². The Morgan fingerprint density at radius 1 is 1.04 bits per heavy atom. The number of hydrogen-bond acceptors (Lipinski definition) is 3. The first-order chi connectivity index (χ1) is 10.9. The Morgan fingerprint density at radius 2 is 1.65 bits per heavy atom. The molecular formula is C16H17F3N2OS. The van der Waals surface area contributed by atoms with Gasteiger partial charge in [-0.3, -0.25) is 4.79 Å². The largest absolute Gasteiger partial charge is 0.446 e. The molecule has 0 aliphatic heterocycles. The van der Waals surface area contributed by atoms with Gasteiger partial charge in [-0.1, -0.05) is 18.2 Å². The Hall–Kier alpha value is -2.15. The van der Waals surface area contributed by atoms with Crippen molar-refractivity contribution < 1.29 is 18.0 Å². The number of halogens is 3. The Balaban J connectivity index is 0.000000253. The quantitative estimate of drug-likeness (QED) is 0.613. The maximum atomic E-state index is 11.9. The van der Waals surface area contributed by atoms with Crippen LogP contribution < -0.4 is 10.6 Å². The molecule has 124 valence electrons. The van der Waals surface area contributed by atoms with E-state index in [9.17, 15) is 18.0 Å². The first-order valence-electron chi connectivity index (χ1n) is 6.65. The molecule has 0 aliphatic rings. The van der Waals surface area contributed by atoms with Crippen molar-refractivity contribution in [2.24, 2.45) is 0 Å². The summed E-state index contributed by atoms with van der Waals surface area (Å²) < 4.78 is 35.6. The van der Waals surface area contributed by atoms with Crippen LogP contribution in [-0.4, -0.2) is 19.0 Å². The third-order valence-electron chi connectivity index (χ3n) is 2.73. The number of carbonyl (C=O) groups is 1. The number of anilines is 2. The van der Waals surface area contributed by atoms with Gasteiger partial charge in [0.2, 0.25) is 6.41 Å². The van der Waals surface area contributed by atoms with Crippen molar-refractivity contribution in [2.75, 3.05) is 17.7 Å². The second-order valence-corrected chi connectivity index (χ2v) is 5.54. The van der Waals surface area contributed by atoms with Crippen molar-refractivity contribution in [3.63, 3.8) is 0 Å². The fraction of sp³-hybridized carbons (Fsp3) is 0.188. The summed E-state index contributed by atoms with van der Waals surface area (Å²) in [7, 11) is 1.93. The van der Waals surface area contributed by atoms with E-state index in [1.54, 1.807) is 0 Å². The number of aryl methyl sites for hydroxylation is 1. The molecule has 0 aliphatic carbocycles. The maximum Gasteiger partial charge on any atom is 0.446 e. The van der Waals surface area contributed by atoms with Gasteiger partial charge in [0.1, 0.15) is 0 Å². The first-order valence-corrected chi connectivity index (χ1v) is 7.46. The highest BCUT2D eigenvalue weighted by Crippen LogP contribution is 2.36. The van der Waals surface area contributed by atoms with Gasteiger partial charge in [-0.25, -0.2) is 0 Å². The summed E-state index contributed by atoms with van der Waals surface area (Å²) in [5.41, 5.74) is -1.32. The molecule has 0 atom stereocenters. The van der Waals surface area contributed by atoms with Gasteiger partial charge in [0.05, 0.1) is 0 Å². The van der Waals surface area contributed by atoms with Crippen LogP contribution in [0.3, 0.4) is 0 Å². The number of nitrogens with one attached hydrogen (secondary N) is 2. The smallest absolute Gasteiger partial charge is 0.388 e. The third-order valence-corrected chi connectivity index (χ3v) is 3.47. The molecule has 2 N–H and O–H groups in total. The molecule has 2 rings (SSSR count). The van der Waals surface area contributed by atoms with Crippen molar-refractivity contribution >= 4 is 29.5 Å². The molecular weight excluding hydrogens is 325 g/mol. The van der Waals surface area contributed by atoms with Gasteiger partial charge < -0.3 is 10.6 Å². The highest BCUT2D eigenvalue weighted by Gasteiger charge is 2.28. The Bertz CT molecular complexity index is 615. The van der Waals surface area contributed by atoms with Crippen LogP contribution in [0.4, 0.5) is 24.5 Å². The molecule has 0 fully saturated rings. The summed E-state index contributed by atoms with van der Waals surface area (Å²) in [4.78, 5) is 10.1. The Labute approximate surface area is 137 Å². The molecule has 0 spiro atoms. The van der Waals surface area contributed by atoms with Crippen LogP contribution in [0, 0.1) is 6.92 Å². The Morgan fingerprint density at radius 3 is 2.09 bits per heavy atom. The molecule has 0 unspecified atom stereocenters. The predicted molar refractivity (Wildman–Crippen MR) is 88.8 cm³/mol. The maximum absolute atomic E-state index is 11.9. The van der Waals surface area contributed by atoms with E-state index in [0.29, 0.717) is 12.1 Å². The number of benzene rings is 2. The lowest BCUT2D eigenvalue weighted by Crippen LogP contribution is -1.99. The van der Waals surface area contributed by atoms with Crippen LogP contribution in [0.25, 0.3) is 0 Å². The van der Waals surface area contributed by atoms with Crippen molar-refractivity contribution in [1.29, 1.82) is 0 Å². The molecule has 0 aromatic heterocycles. The molecule has 0 radical (unpaired) electrons. The third kappa shape index (κ3) is 7.60. The standard InChI is InChI=1S/C8H6F3NOS.C8H11N/c9-8(10,11)14-7-3-1-6(2-4-7)12-5-13;1-7-5-3-4-6-8(7)9-2/h1-5H,(H,12,13);3-6,9H,1-2H3. The van der Waals surface area contributed by atoms with E-state index in [4.69, 9.17) is 0 Å². The number of carbonyl (C=O) groups excluding carboxylic acids is 1. The molecule has 23 heavy (non-hydrogen) atoms. The highest BCUT2D eigenvalue weighted by atomic mass is 32.2. The minimum Gasteiger partial charge on any atom is -0.388 e. The number of para-hydroxylation sites is 1. The van der Waals surface area contributed by atoms with E-state index in [0.717, 1.165) is 0 Å². The van der Waals surface area contributed by atoms with Crippen LogP contribution in [0.1, 0.15) is 5.56 Å². The van der Waals surface area contributed by atoms with Crippen LogP contribution >= 0.6 is 11.8 Å². The molecule has 0 saturated carbocycles. The normalized spacial score (nSPS) is 10.3. The van der Waals surface area contributed by atoms with E-state index in [-0.39, 0.29) is 16.7 Å². The summed E-state index contributed by atoms with van der Waals surface area (Å²) in [6.07, 6.45) is 0.464. The van der Waals surface area contributed by atoms with Crippen LogP contribution in [0.5, 0.6) is 0 Å². The second kappa shape index (κ2) is 9.09. The molecule has 7 heteroatoms. The van der Waals surface area contributed by atoms with E-state index in [1.165, 1.54) is 35.5 Å². The summed E-state index contributed by atoms with van der Waals surface area (Å²) in [6, 6.07) is 13.6. The fourth-order valence-corrected chi connectivity index (χ4v) is 2.21. The van der Waals surface area contributed by atoms with Gasteiger partial charge in [-0.2, -0.15) is 13.2 Å². The summed E-state index contributed by atoms with van der Waals surface area (Å²) in [5.74, 6) is 0. The average molecular weight is 342 g/mol. The number of alkyl halides is 3. The topological polar surface area (TPSA) is 41.1 Å². The zero-order valence-corrected chi connectivity index (χ0v) is 13.5. The summed E-state index contributed by atoms with van der Waals surface area (Å²) >= 11 is -0.189. The molecule has 2 aromatic carbocycles. The number of amides is 1. The minimum atomic E-state index is -4.28. The van der Waals surface area contributed by atoms with Crippen LogP contribution in [-0.2, 0) is 4.79 Å². The lowest BCUT2D eigenvalue weighted by Gasteiger charge is -2.05. The van der Waals surface area contributed by atoms with Crippen molar-refractivity contribution in [3.8, 4) is 0 Å². The van der Waals surface area contributed by atoms with E-state index in [1.807, 2.05) is 19.2 Å². The Kier molecular flexibility index (Phi) is 7.47. The monoisotopic (exact) mass is 342 g/mol. The van der Waals surface area contributed by atoms with Crippen molar-refractivity contribution in [2.45, 2.75) is 17.3 Å². The SMILES string of the molecule is CNc1ccccc1C.O=CNc1ccc(SC(F)(F)F)cc1. The number of hydrogen-bond donors (Lipinski definition) is 2. The van der Waals surface area contributed by atoms with Gasteiger partial charge in [-0.15, -0.1) is 0 Å². The zero-order chi connectivity index (χ0) is 17.3. The van der Waals surface area contributed by atoms with Crippen LogP contribution in [0.15, 0.2) is 53.4 Å². The highest BCUT2D eigenvalue weighted by molar-refractivity contribution is 8.00. The molecule has 2 aromatic rings. The van der Waals surface area contributed by atoms with E-state index >= 15 is 0 Å².